The number of primary amides is 1. The molecule has 0 aliphatic heterocycles. The predicted molar refractivity (Wildman–Crippen MR) is 80.4 cm³/mol. The van der Waals surface area contributed by atoms with Crippen LogP contribution in [0.4, 0.5) is 11.5 Å². The van der Waals surface area contributed by atoms with Crippen LogP contribution >= 0.6 is 0 Å². The van der Waals surface area contributed by atoms with Gasteiger partial charge < -0.3 is 10.3 Å². The Bertz CT molecular complexity index is 842. The van der Waals surface area contributed by atoms with E-state index in [9.17, 15) is 22.6 Å². The minimum absolute atomic E-state index is 0. The number of para-hydroxylation sites is 1. The van der Waals surface area contributed by atoms with E-state index in [0.717, 1.165) is 6.20 Å². The average Bonchev–Trinajstić information content (AvgIpc) is 2.52. The van der Waals surface area contributed by atoms with Gasteiger partial charge in [-0.15, -0.1) is 0 Å². The number of pyridine rings is 1. The molecule has 2 rings (SSSR count). The molecule has 120 valence electrons. The molecule has 1 amide bonds. The Morgan fingerprint density at radius 1 is 1.25 bits per heavy atom. The van der Waals surface area contributed by atoms with Crippen LogP contribution in [0.15, 0.2) is 42.6 Å². The molecule has 0 atom stereocenters. The monoisotopic (exact) mass is 358 g/mol. The molecular formula is C13H11N4NaO5S. The van der Waals surface area contributed by atoms with E-state index in [0.29, 0.717) is 6.29 Å². The van der Waals surface area contributed by atoms with Gasteiger partial charge in [0.05, 0.1) is 11.3 Å². The van der Waals surface area contributed by atoms with E-state index in [1.807, 2.05) is 0 Å². The zero-order chi connectivity index (χ0) is 17.0. The number of aldehydes is 1. The Labute approximate surface area is 160 Å². The number of rotatable bonds is 6. The largest absolute Gasteiger partial charge is 1.00 e. The molecule has 3 N–H and O–H groups in total. The maximum Gasteiger partial charge on any atom is 1.00 e. The summed E-state index contributed by atoms with van der Waals surface area (Å²) in [6.07, 6.45) is 1.53. The van der Waals surface area contributed by atoms with Crippen LogP contribution in [0, 0.1) is 0 Å². The van der Waals surface area contributed by atoms with Gasteiger partial charge >= 0.3 is 29.6 Å². The van der Waals surface area contributed by atoms with Crippen LogP contribution in [0.25, 0.3) is 0 Å². The summed E-state index contributed by atoms with van der Waals surface area (Å²) in [5.74, 6) is -0.737. The molecule has 1 heterocycles. The molecule has 0 saturated carbocycles. The minimum Gasteiger partial charge on any atom is -0.730 e. The maximum atomic E-state index is 11.5. The van der Waals surface area contributed by atoms with Crippen molar-refractivity contribution in [3.05, 3.63) is 53.7 Å². The molecule has 0 unspecified atom stereocenters. The second-order valence-corrected chi connectivity index (χ2v) is 5.53. The molecule has 0 spiro atoms. The first-order valence-corrected chi connectivity index (χ1v) is 7.52. The van der Waals surface area contributed by atoms with Crippen molar-refractivity contribution in [1.82, 2.24) is 4.98 Å². The average molecular weight is 358 g/mol. The summed E-state index contributed by atoms with van der Waals surface area (Å²) in [4.78, 5) is 25.8. The van der Waals surface area contributed by atoms with Gasteiger partial charge in [0.25, 0.3) is 0 Å². The number of amides is 1. The van der Waals surface area contributed by atoms with E-state index >= 15 is 0 Å². The Morgan fingerprint density at radius 2 is 1.92 bits per heavy atom. The van der Waals surface area contributed by atoms with E-state index in [4.69, 9.17) is 5.73 Å². The van der Waals surface area contributed by atoms with Crippen molar-refractivity contribution in [2.75, 3.05) is 9.84 Å². The fourth-order valence-corrected chi connectivity index (χ4v) is 2.33. The van der Waals surface area contributed by atoms with Crippen molar-refractivity contribution in [3.8, 4) is 0 Å². The quantitative estimate of drug-likeness (QED) is 0.247. The molecule has 0 fully saturated rings. The second kappa shape index (κ2) is 8.22. The van der Waals surface area contributed by atoms with Crippen LogP contribution in [0.5, 0.6) is 0 Å². The number of nitrogens with two attached hydrogens (primary N) is 1. The number of hydrogen-bond donors (Lipinski definition) is 2. The van der Waals surface area contributed by atoms with Crippen molar-refractivity contribution < 1.29 is 52.1 Å². The summed E-state index contributed by atoms with van der Waals surface area (Å²) in [6, 6.07) is 8.19. The van der Waals surface area contributed by atoms with Gasteiger partial charge in [-0.3, -0.25) is 15.0 Å². The fourth-order valence-electron chi connectivity index (χ4n) is 1.72. The first-order valence-electron chi connectivity index (χ1n) is 6.16. The minimum atomic E-state index is -4.99. The van der Waals surface area contributed by atoms with Gasteiger partial charge in [0, 0.05) is 11.8 Å². The van der Waals surface area contributed by atoms with Crippen LogP contribution in [0.3, 0.4) is 0 Å². The number of anilines is 2. The van der Waals surface area contributed by atoms with Gasteiger partial charge in [0.1, 0.15) is 5.82 Å². The summed E-state index contributed by atoms with van der Waals surface area (Å²) >= 11 is 0. The van der Waals surface area contributed by atoms with Crippen LogP contribution in [0.2, 0.25) is 0 Å². The number of carbonyl (C=O) groups is 2. The zero-order valence-electron chi connectivity index (χ0n) is 12.5. The third kappa shape index (κ3) is 4.76. The predicted octanol–water partition coefficient (Wildman–Crippen LogP) is -2.71. The molecule has 0 radical (unpaired) electrons. The summed E-state index contributed by atoms with van der Waals surface area (Å²) in [7, 11) is -4.99. The smallest absolute Gasteiger partial charge is 0.730 e. The molecule has 0 aliphatic rings. The number of hydrazine groups is 1. The Morgan fingerprint density at radius 3 is 2.42 bits per heavy atom. The van der Waals surface area contributed by atoms with E-state index < -0.39 is 16.2 Å². The third-order valence-electron chi connectivity index (χ3n) is 2.77. The van der Waals surface area contributed by atoms with Gasteiger partial charge in [-0.05, 0) is 24.3 Å². The summed E-state index contributed by atoms with van der Waals surface area (Å²) in [6.45, 7) is 0. The zero-order valence-corrected chi connectivity index (χ0v) is 15.4. The molecule has 1 aromatic carbocycles. The topological polar surface area (TPSA) is 146 Å². The first-order chi connectivity index (χ1) is 10.8. The molecule has 0 aliphatic carbocycles. The standard InChI is InChI=1S/C13H12N4O5S.Na/c14-13(19)9-5-6-12(15-7-9)16-17(23(20,21)22)11-4-2-1-3-10(11)8-18;/h1-8H,(H2,14,19)(H,15,16)(H,20,21,22);/q;+1/p-1. The van der Waals surface area contributed by atoms with Gasteiger partial charge in [-0.2, -0.15) is 4.41 Å². The molecule has 0 bridgehead atoms. The molecule has 9 nitrogen and oxygen atoms in total. The van der Waals surface area contributed by atoms with Crippen molar-refractivity contribution in [3.63, 3.8) is 0 Å². The van der Waals surface area contributed by atoms with Gasteiger partial charge in [0.15, 0.2) is 6.29 Å². The first kappa shape index (κ1) is 20.1. The number of carbonyl (C=O) groups excluding carboxylic acids is 2. The van der Waals surface area contributed by atoms with Gasteiger partial charge in [-0.25, -0.2) is 13.4 Å². The van der Waals surface area contributed by atoms with Gasteiger partial charge in [-0.1, -0.05) is 12.1 Å². The number of hydrogen-bond acceptors (Lipinski definition) is 7. The number of aromatic nitrogens is 1. The molecule has 11 heteroatoms. The molecule has 24 heavy (non-hydrogen) atoms. The van der Waals surface area contributed by atoms with Crippen molar-refractivity contribution in [1.29, 1.82) is 0 Å². The fraction of sp³-hybridized carbons (Fsp3) is 0. The summed E-state index contributed by atoms with van der Waals surface area (Å²) in [5.41, 5.74) is 7.31. The molecule has 1 aromatic heterocycles. The van der Waals surface area contributed by atoms with E-state index in [-0.39, 0.29) is 56.6 Å². The van der Waals surface area contributed by atoms with Crippen molar-refractivity contribution in [2.45, 2.75) is 0 Å². The second-order valence-electron chi connectivity index (χ2n) is 4.31. The molecule has 2 aromatic rings. The Hall–Kier alpha value is -1.98. The number of nitrogens with one attached hydrogen (secondary N) is 1. The molecular weight excluding hydrogens is 347 g/mol. The molecule has 0 saturated heterocycles. The Kier molecular flexibility index (Phi) is 6.87. The van der Waals surface area contributed by atoms with E-state index in [2.05, 4.69) is 10.4 Å². The Balaban J connectivity index is 0.00000288. The normalized spacial score (nSPS) is 10.4. The summed E-state index contributed by atoms with van der Waals surface area (Å²) in [5, 5.41) is 0. The third-order valence-corrected chi connectivity index (χ3v) is 3.51. The summed E-state index contributed by atoms with van der Waals surface area (Å²) < 4.78 is 34.7. The van der Waals surface area contributed by atoms with Crippen LogP contribution < -0.4 is 45.1 Å². The maximum absolute atomic E-state index is 11.5. The number of benzene rings is 1. The van der Waals surface area contributed by atoms with E-state index in [1.165, 1.54) is 36.4 Å². The van der Waals surface area contributed by atoms with Crippen LogP contribution in [0.1, 0.15) is 20.7 Å². The van der Waals surface area contributed by atoms with Crippen molar-refractivity contribution in [2.24, 2.45) is 5.73 Å². The van der Waals surface area contributed by atoms with Gasteiger partial charge in [0.2, 0.25) is 16.2 Å². The number of nitrogens with zero attached hydrogens (tertiary/aromatic N) is 2. The van der Waals surface area contributed by atoms with Crippen LogP contribution in [-0.4, -0.2) is 30.1 Å². The SMILES string of the molecule is NC(=O)c1ccc(NN(c2ccccc2C=O)S(=O)(=O)[O-])nc1.[Na+]. The van der Waals surface area contributed by atoms with Crippen LogP contribution in [-0.2, 0) is 10.3 Å². The van der Waals surface area contributed by atoms with E-state index in [1.54, 1.807) is 0 Å². The van der Waals surface area contributed by atoms with Crippen molar-refractivity contribution >= 4 is 34.0 Å².